The van der Waals surface area contributed by atoms with Gasteiger partial charge in [0.25, 0.3) is 0 Å². The number of carbonyl (C=O) groups is 1. The Labute approximate surface area is 146 Å². The van der Waals surface area contributed by atoms with Gasteiger partial charge in [0, 0.05) is 50.8 Å². The predicted molar refractivity (Wildman–Crippen MR) is 96.8 cm³/mol. The second-order valence-corrected chi connectivity index (χ2v) is 5.74. The van der Waals surface area contributed by atoms with Gasteiger partial charge in [-0.25, -0.2) is 4.79 Å². The number of nitrogens with zero attached hydrogens (tertiary/aromatic N) is 3. The largest absolute Gasteiger partial charge is 0.338 e. The molecule has 2 amide bonds. The maximum absolute atomic E-state index is 11.9. The van der Waals surface area contributed by atoms with E-state index in [0.717, 1.165) is 28.8 Å². The van der Waals surface area contributed by atoms with Crippen LogP contribution >= 0.6 is 0 Å². The molecule has 0 saturated heterocycles. The molecule has 2 heterocycles. The van der Waals surface area contributed by atoms with Crippen molar-refractivity contribution in [3.05, 3.63) is 72.3 Å². The number of urea groups is 1. The van der Waals surface area contributed by atoms with Crippen molar-refractivity contribution in [2.45, 2.75) is 13.0 Å². The molecule has 0 spiro atoms. The molecule has 3 aromatic rings. The van der Waals surface area contributed by atoms with Crippen LogP contribution in [-0.2, 0) is 20.0 Å². The highest BCUT2D eigenvalue weighted by Gasteiger charge is 2.03. The van der Waals surface area contributed by atoms with Crippen LogP contribution in [-0.4, -0.2) is 27.3 Å². The molecule has 0 fully saturated rings. The van der Waals surface area contributed by atoms with Gasteiger partial charge >= 0.3 is 6.03 Å². The van der Waals surface area contributed by atoms with Gasteiger partial charge in [-0.05, 0) is 28.8 Å². The van der Waals surface area contributed by atoms with Crippen molar-refractivity contribution in [3.8, 4) is 11.1 Å². The summed E-state index contributed by atoms with van der Waals surface area (Å²) in [6.07, 6.45) is 6.10. The lowest BCUT2D eigenvalue weighted by Crippen LogP contribution is -2.36. The highest BCUT2D eigenvalue weighted by atomic mass is 16.2. The summed E-state index contributed by atoms with van der Waals surface area (Å²) in [4.78, 5) is 16.0. The van der Waals surface area contributed by atoms with E-state index in [-0.39, 0.29) is 6.03 Å². The van der Waals surface area contributed by atoms with Gasteiger partial charge in [0.1, 0.15) is 0 Å². The first-order valence-electron chi connectivity index (χ1n) is 8.20. The molecule has 0 unspecified atom stereocenters. The Morgan fingerprint density at radius 1 is 1.04 bits per heavy atom. The van der Waals surface area contributed by atoms with Gasteiger partial charge in [-0.3, -0.25) is 9.67 Å². The summed E-state index contributed by atoms with van der Waals surface area (Å²) < 4.78 is 1.81. The Balaban J connectivity index is 1.43. The van der Waals surface area contributed by atoms with E-state index in [2.05, 4.69) is 20.7 Å². The highest BCUT2D eigenvalue weighted by Crippen LogP contribution is 2.18. The lowest BCUT2D eigenvalue weighted by molar-refractivity contribution is 0.240. The molecule has 0 aliphatic rings. The number of rotatable bonds is 6. The Kier molecular flexibility index (Phi) is 5.41. The average molecular weight is 335 g/mol. The van der Waals surface area contributed by atoms with Crippen LogP contribution in [0.2, 0.25) is 0 Å². The third kappa shape index (κ3) is 4.67. The van der Waals surface area contributed by atoms with Crippen molar-refractivity contribution in [3.63, 3.8) is 0 Å². The number of pyridine rings is 1. The smallest absolute Gasteiger partial charge is 0.315 e. The summed E-state index contributed by atoms with van der Waals surface area (Å²) in [5.41, 5.74) is 4.33. The molecular weight excluding hydrogens is 314 g/mol. The van der Waals surface area contributed by atoms with Crippen LogP contribution in [0.1, 0.15) is 11.3 Å². The number of hydrogen-bond acceptors (Lipinski definition) is 3. The molecule has 3 rings (SSSR count). The van der Waals surface area contributed by atoms with Gasteiger partial charge in [0.05, 0.1) is 0 Å². The molecule has 0 aliphatic carbocycles. The van der Waals surface area contributed by atoms with Gasteiger partial charge in [0.15, 0.2) is 0 Å². The Hall–Kier alpha value is -3.15. The molecule has 128 valence electrons. The minimum atomic E-state index is -0.168. The van der Waals surface area contributed by atoms with Crippen LogP contribution in [0.3, 0.4) is 0 Å². The fraction of sp³-hybridized carbons (Fsp3) is 0.211. The molecule has 25 heavy (non-hydrogen) atoms. The minimum Gasteiger partial charge on any atom is -0.338 e. The standard InChI is InChI=1S/C19H21N5O/c1-24-18(9-12-23-24)8-11-21-19(25)22-13-15-4-6-16(7-5-15)17-3-2-10-20-14-17/h2-7,9-10,12,14H,8,11,13H2,1H3,(H2,21,22,25). The van der Waals surface area contributed by atoms with E-state index in [1.807, 2.05) is 60.4 Å². The van der Waals surface area contributed by atoms with Crippen molar-refractivity contribution < 1.29 is 4.79 Å². The van der Waals surface area contributed by atoms with Gasteiger partial charge in [-0.15, -0.1) is 0 Å². The number of carbonyl (C=O) groups excluding carboxylic acids is 1. The molecule has 2 aromatic heterocycles. The zero-order valence-corrected chi connectivity index (χ0v) is 14.1. The van der Waals surface area contributed by atoms with Crippen LogP contribution in [0.4, 0.5) is 4.79 Å². The molecule has 0 saturated carbocycles. The van der Waals surface area contributed by atoms with Gasteiger partial charge in [-0.1, -0.05) is 30.3 Å². The molecule has 6 heteroatoms. The number of aromatic nitrogens is 3. The first kappa shape index (κ1) is 16.7. The zero-order valence-electron chi connectivity index (χ0n) is 14.1. The Morgan fingerprint density at radius 3 is 2.56 bits per heavy atom. The molecule has 1 aromatic carbocycles. The number of amides is 2. The minimum absolute atomic E-state index is 0.168. The van der Waals surface area contributed by atoms with Crippen molar-refractivity contribution in [1.82, 2.24) is 25.4 Å². The zero-order chi connectivity index (χ0) is 17.5. The van der Waals surface area contributed by atoms with Crippen LogP contribution < -0.4 is 10.6 Å². The van der Waals surface area contributed by atoms with Crippen molar-refractivity contribution in [2.24, 2.45) is 7.05 Å². The summed E-state index contributed by atoms with van der Waals surface area (Å²) in [5, 5.41) is 9.83. The molecule has 0 radical (unpaired) electrons. The van der Waals surface area contributed by atoms with E-state index < -0.39 is 0 Å². The van der Waals surface area contributed by atoms with Crippen LogP contribution in [0, 0.1) is 0 Å². The van der Waals surface area contributed by atoms with Crippen LogP contribution in [0.15, 0.2) is 61.1 Å². The summed E-state index contributed by atoms with van der Waals surface area (Å²) in [7, 11) is 1.89. The third-order valence-electron chi connectivity index (χ3n) is 3.99. The van der Waals surface area contributed by atoms with E-state index in [4.69, 9.17) is 0 Å². The van der Waals surface area contributed by atoms with E-state index in [1.54, 1.807) is 12.4 Å². The highest BCUT2D eigenvalue weighted by molar-refractivity contribution is 5.73. The lowest BCUT2D eigenvalue weighted by atomic mass is 10.1. The summed E-state index contributed by atoms with van der Waals surface area (Å²) in [6.45, 7) is 1.07. The van der Waals surface area contributed by atoms with E-state index in [0.29, 0.717) is 13.1 Å². The Bertz CT molecular complexity index is 811. The first-order chi connectivity index (χ1) is 12.2. The number of aryl methyl sites for hydroxylation is 1. The van der Waals surface area contributed by atoms with Crippen molar-refractivity contribution in [1.29, 1.82) is 0 Å². The maximum Gasteiger partial charge on any atom is 0.315 e. The quantitative estimate of drug-likeness (QED) is 0.727. The van der Waals surface area contributed by atoms with Crippen molar-refractivity contribution >= 4 is 6.03 Å². The summed E-state index contributed by atoms with van der Waals surface area (Å²) in [5.74, 6) is 0. The van der Waals surface area contributed by atoms with E-state index in [9.17, 15) is 4.79 Å². The summed E-state index contributed by atoms with van der Waals surface area (Å²) >= 11 is 0. The molecule has 6 nitrogen and oxygen atoms in total. The topological polar surface area (TPSA) is 71.8 Å². The number of benzene rings is 1. The molecule has 2 N–H and O–H groups in total. The average Bonchev–Trinajstić information content (AvgIpc) is 3.06. The molecular formula is C19H21N5O. The maximum atomic E-state index is 11.9. The van der Waals surface area contributed by atoms with Crippen LogP contribution in [0.5, 0.6) is 0 Å². The normalized spacial score (nSPS) is 10.4. The number of hydrogen-bond donors (Lipinski definition) is 2. The SMILES string of the molecule is Cn1nccc1CCNC(=O)NCc1ccc(-c2cccnc2)cc1. The van der Waals surface area contributed by atoms with Crippen molar-refractivity contribution in [2.75, 3.05) is 6.54 Å². The van der Waals surface area contributed by atoms with E-state index in [1.165, 1.54) is 0 Å². The summed E-state index contributed by atoms with van der Waals surface area (Å²) in [6, 6.07) is 13.8. The lowest BCUT2D eigenvalue weighted by Gasteiger charge is -2.08. The molecule has 0 atom stereocenters. The number of nitrogens with one attached hydrogen (secondary N) is 2. The second-order valence-electron chi connectivity index (χ2n) is 5.74. The monoisotopic (exact) mass is 335 g/mol. The van der Waals surface area contributed by atoms with Gasteiger partial charge in [0.2, 0.25) is 0 Å². The Morgan fingerprint density at radius 2 is 1.88 bits per heavy atom. The van der Waals surface area contributed by atoms with Crippen LogP contribution in [0.25, 0.3) is 11.1 Å². The second kappa shape index (κ2) is 8.10. The fourth-order valence-electron chi connectivity index (χ4n) is 2.54. The first-order valence-corrected chi connectivity index (χ1v) is 8.20. The molecule has 0 aliphatic heterocycles. The molecule has 0 bridgehead atoms. The van der Waals surface area contributed by atoms with E-state index >= 15 is 0 Å². The fourth-order valence-corrected chi connectivity index (χ4v) is 2.54. The third-order valence-corrected chi connectivity index (χ3v) is 3.99. The van der Waals surface area contributed by atoms with Gasteiger partial charge < -0.3 is 10.6 Å². The predicted octanol–water partition coefficient (Wildman–Crippen LogP) is 2.52. The van der Waals surface area contributed by atoms with Gasteiger partial charge in [-0.2, -0.15) is 5.10 Å².